The molecule has 148 valence electrons. The van der Waals surface area contributed by atoms with Crippen molar-refractivity contribution >= 4 is 49.2 Å². The molecule has 4 heterocycles. The third-order valence-corrected chi connectivity index (χ3v) is 6.50. The Kier molecular flexibility index (Phi) is 5.21. The molecule has 11 heteroatoms. The predicted octanol–water partition coefficient (Wildman–Crippen LogP) is 2.83. The number of aryl methyl sites for hydroxylation is 1. The first-order valence-electron chi connectivity index (χ1n) is 8.94. The summed E-state index contributed by atoms with van der Waals surface area (Å²) in [5.74, 6) is -0.446. The number of thiazole rings is 1. The van der Waals surface area contributed by atoms with Crippen molar-refractivity contribution in [1.29, 1.82) is 0 Å². The lowest BCUT2D eigenvalue weighted by molar-refractivity contribution is -0.114. The van der Waals surface area contributed by atoms with Gasteiger partial charge in [-0.2, -0.15) is 0 Å². The van der Waals surface area contributed by atoms with Gasteiger partial charge < -0.3 is 10.2 Å². The highest BCUT2D eigenvalue weighted by Gasteiger charge is 2.27. The summed E-state index contributed by atoms with van der Waals surface area (Å²) in [7, 11) is 0. The van der Waals surface area contributed by atoms with Gasteiger partial charge in [0.25, 0.3) is 0 Å². The van der Waals surface area contributed by atoms with Crippen molar-refractivity contribution < 1.29 is 9.18 Å². The number of carbonyl (C=O) groups is 1. The molecule has 0 bridgehead atoms. The number of anilines is 2. The number of hydrogen-bond donors (Lipinski definition) is 1. The molecular formula is C17H20FN7OS2. The molecule has 4 rings (SSSR count). The van der Waals surface area contributed by atoms with Crippen LogP contribution in [0.1, 0.15) is 30.6 Å². The number of pyridine rings is 1. The summed E-state index contributed by atoms with van der Waals surface area (Å²) >= 11 is 2.81. The van der Waals surface area contributed by atoms with Crippen molar-refractivity contribution in [3.63, 3.8) is 0 Å². The number of hydrogen-bond acceptors (Lipinski definition) is 9. The Hall–Kier alpha value is -2.24. The van der Waals surface area contributed by atoms with Crippen LogP contribution >= 0.6 is 22.7 Å². The number of carbonyl (C=O) groups excluding carboxylic acids is 1. The molecule has 1 aliphatic heterocycles. The van der Waals surface area contributed by atoms with E-state index in [1.807, 2.05) is 13.8 Å². The molecule has 1 N–H and O–H groups in total. The van der Waals surface area contributed by atoms with E-state index in [9.17, 15) is 9.18 Å². The molecular weight excluding hydrogens is 401 g/mol. The standard InChI is InChI=1S/C17H20FN7OS2/c1-9(14-12(18)8-13-15(21-14)20-11(3)27-13)24-4-6-25(7-5-24)17-23-22-16(28-17)19-10(2)26/h8-9H,4-7H2,1-3H3,(H,19,22,26). The van der Waals surface area contributed by atoms with Gasteiger partial charge >= 0.3 is 0 Å². The highest BCUT2D eigenvalue weighted by Crippen LogP contribution is 2.30. The van der Waals surface area contributed by atoms with Gasteiger partial charge in [0.2, 0.25) is 16.2 Å². The maximum Gasteiger partial charge on any atom is 0.223 e. The van der Waals surface area contributed by atoms with Crippen molar-refractivity contribution in [3.8, 4) is 0 Å². The van der Waals surface area contributed by atoms with E-state index in [1.165, 1.54) is 29.6 Å². The van der Waals surface area contributed by atoms with Crippen LogP contribution in [0.15, 0.2) is 6.07 Å². The smallest absolute Gasteiger partial charge is 0.223 e. The average molecular weight is 422 g/mol. The van der Waals surface area contributed by atoms with Crippen molar-refractivity contribution in [2.45, 2.75) is 26.8 Å². The number of fused-ring (bicyclic) bond motifs is 1. The summed E-state index contributed by atoms with van der Waals surface area (Å²) in [4.78, 5) is 24.3. The molecule has 0 aromatic carbocycles. The molecule has 1 unspecified atom stereocenters. The van der Waals surface area contributed by atoms with Crippen LogP contribution in [0.4, 0.5) is 14.7 Å². The maximum atomic E-state index is 14.6. The molecule has 28 heavy (non-hydrogen) atoms. The molecule has 0 aliphatic carbocycles. The second kappa shape index (κ2) is 7.64. The lowest BCUT2D eigenvalue weighted by Crippen LogP contribution is -2.47. The van der Waals surface area contributed by atoms with E-state index in [0.717, 1.165) is 41.0 Å². The van der Waals surface area contributed by atoms with E-state index in [-0.39, 0.29) is 17.8 Å². The van der Waals surface area contributed by atoms with Gasteiger partial charge in [-0.1, -0.05) is 11.3 Å². The molecule has 0 spiro atoms. The summed E-state index contributed by atoms with van der Waals surface area (Å²) in [5.41, 5.74) is 1.05. The van der Waals surface area contributed by atoms with E-state index < -0.39 is 0 Å². The van der Waals surface area contributed by atoms with Crippen LogP contribution in [0, 0.1) is 12.7 Å². The fourth-order valence-electron chi connectivity index (χ4n) is 3.27. The SMILES string of the molecule is CC(=O)Nc1nnc(N2CCN(C(C)c3nc4nc(C)sc4cc3F)CC2)s1. The summed E-state index contributed by atoms with van der Waals surface area (Å²) < 4.78 is 15.4. The Morgan fingerprint density at radius 2 is 1.96 bits per heavy atom. The minimum atomic E-state index is -0.282. The number of halogens is 1. The normalized spacial score (nSPS) is 16.5. The highest BCUT2D eigenvalue weighted by atomic mass is 32.1. The van der Waals surface area contributed by atoms with E-state index in [1.54, 1.807) is 6.07 Å². The molecule has 0 radical (unpaired) electrons. The molecule has 1 fully saturated rings. The Bertz CT molecular complexity index is 1010. The van der Waals surface area contributed by atoms with Crippen molar-refractivity contribution in [3.05, 3.63) is 22.6 Å². The van der Waals surface area contributed by atoms with Gasteiger partial charge in [-0.25, -0.2) is 14.4 Å². The monoisotopic (exact) mass is 421 g/mol. The number of amides is 1. The molecule has 3 aromatic rings. The topological polar surface area (TPSA) is 87.1 Å². The molecule has 1 aliphatic rings. The van der Waals surface area contributed by atoms with Crippen LogP contribution in [0.5, 0.6) is 0 Å². The summed E-state index contributed by atoms with van der Waals surface area (Å²) in [5, 5.41) is 13.0. The second-order valence-electron chi connectivity index (χ2n) is 6.68. The van der Waals surface area contributed by atoms with Crippen molar-refractivity contribution in [2.24, 2.45) is 0 Å². The van der Waals surface area contributed by atoms with Crippen LogP contribution in [0.25, 0.3) is 10.3 Å². The number of aromatic nitrogens is 4. The van der Waals surface area contributed by atoms with E-state index in [4.69, 9.17) is 0 Å². The first-order valence-corrected chi connectivity index (χ1v) is 10.6. The van der Waals surface area contributed by atoms with Gasteiger partial charge in [-0.05, 0) is 19.9 Å². The number of nitrogens with zero attached hydrogens (tertiary/aromatic N) is 6. The third kappa shape index (κ3) is 3.82. The largest absolute Gasteiger partial charge is 0.344 e. The molecule has 1 saturated heterocycles. The molecule has 8 nitrogen and oxygen atoms in total. The summed E-state index contributed by atoms with van der Waals surface area (Å²) in [6.45, 7) is 8.33. The highest BCUT2D eigenvalue weighted by molar-refractivity contribution is 7.19. The maximum absolute atomic E-state index is 14.6. The lowest BCUT2D eigenvalue weighted by Gasteiger charge is -2.37. The fraction of sp³-hybridized carbons (Fsp3) is 0.471. The van der Waals surface area contributed by atoms with Gasteiger partial charge in [-0.3, -0.25) is 9.69 Å². The zero-order valence-electron chi connectivity index (χ0n) is 15.8. The minimum absolute atomic E-state index is 0.141. The van der Waals surface area contributed by atoms with Crippen molar-refractivity contribution in [2.75, 3.05) is 36.4 Å². The van der Waals surface area contributed by atoms with Crippen molar-refractivity contribution in [1.82, 2.24) is 25.1 Å². The number of piperazine rings is 1. The van der Waals surface area contributed by atoms with E-state index in [0.29, 0.717) is 16.5 Å². The Morgan fingerprint density at radius 3 is 2.68 bits per heavy atom. The van der Waals surface area contributed by atoms with Crippen LogP contribution in [-0.4, -0.2) is 57.2 Å². The van der Waals surface area contributed by atoms with Crippen LogP contribution in [0.3, 0.4) is 0 Å². The lowest BCUT2D eigenvalue weighted by atomic mass is 10.1. The van der Waals surface area contributed by atoms with Crippen LogP contribution in [0.2, 0.25) is 0 Å². The van der Waals surface area contributed by atoms with Gasteiger partial charge in [0, 0.05) is 33.1 Å². The quantitative estimate of drug-likeness (QED) is 0.693. The molecule has 1 atom stereocenters. The van der Waals surface area contributed by atoms with Crippen LogP contribution < -0.4 is 10.2 Å². The van der Waals surface area contributed by atoms with Gasteiger partial charge in [0.1, 0.15) is 5.82 Å². The van der Waals surface area contributed by atoms with Gasteiger partial charge in [0.05, 0.1) is 21.4 Å². The van der Waals surface area contributed by atoms with E-state index >= 15 is 0 Å². The molecule has 3 aromatic heterocycles. The molecule has 0 saturated carbocycles. The average Bonchev–Trinajstić information content (AvgIpc) is 3.25. The molecule has 1 amide bonds. The van der Waals surface area contributed by atoms with Crippen LogP contribution in [-0.2, 0) is 4.79 Å². The predicted molar refractivity (Wildman–Crippen MR) is 109 cm³/mol. The second-order valence-corrected chi connectivity index (χ2v) is 8.87. The Labute approximate surface area is 169 Å². The first kappa shape index (κ1) is 19.1. The Morgan fingerprint density at radius 1 is 1.21 bits per heavy atom. The number of nitrogens with one attached hydrogen (secondary N) is 1. The van der Waals surface area contributed by atoms with Gasteiger partial charge in [-0.15, -0.1) is 21.5 Å². The Balaban J connectivity index is 1.44. The van der Waals surface area contributed by atoms with Gasteiger partial charge in [0.15, 0.2) is 5.65 Å². The zero-order valence-corrected chi connectivity index (χ0v) is 17.4. The number of rotatable bonds is 4. The summed E-state index contributed by atoms with van der Waals surface area (Å²) in [6.07, 6.45) is 0. The minimum Gasteiger partial charge on any atom is -0.344 e. The third-order valence-electron chi connectivity index (χ3n) is 4.70. The van der Waals surface area contributed by atoms with E-state index in [2.05, 4.69) is 35.3 Å². The first-order chi connectivity index (χ1) is 13.4. The fourth-order valence-corrected chi connectivity index (χ4v) is 4.91. The summed E-state index contributed by atoms with van der Waals surface area (Å²) in [6, 6.07) is 1.40. The zero-order chi connectivity index (χ0) is 19.8.